The first kappa shape index (κ1) is 14.7. The molecule has 2 rings (SSSR count). The van der Waals surface area contributed by atoms with Crippen molar-refractivity contribution in [3.05, 3.63) is 42.2 Å². The quantitative estimate of drug-likeness (QED) is 0.760. The molecule has 0 aliphatic heterocycles. The van der Waals surface area contributed by atoms with Gasteiger partial charge in [0, 0.05) is 13.7 Å². The fraction of sp³-hybridized carbons (Fsp3) is 0.385. The standard InChI is InChI=1S/C13H17N3O3S/c1-19-9-8-16-11-14-15-13(16)20(17,18)10-7-12-5-3-2-4-6-12/h2-6,11H,7-10H2,1H3. The molecule has 0 aliphatic carbocycles. The van der Waals surface area contributed by atoms with Crippen molar-refractivity contribution >= 4 is 9.84 Å². The van der Waals surface area contributed by atoms with Crippen LogP contribution in [0, 0.1) is 0 Å². The van der Waals surface area contributed by atoms with E-state index in [0.29, 0.717) is 19.6 Å². The average molecular weight is 295 g/mol. The van der Waals surface area contributed by atoms with Crippen molar-refractivity contribution in [2.75, 3.05) is 19.5 Å². The summed E-state index contributed by atoms with van der Waals surface area (Å²) in [5.74, 6) is 0.0166. The predicted octanol–water partition coefficient (Wildman–Crippen LogP) is 0.941. The van der Waals surface area contributed by atoms with Gasteiger partial charge in [-0.2, -0.15) is 0 Å². The van der Waals surface area contributed by atoms with Crippen molar-refractivity contribution in [1.82, 2.24) is 14.8 Å². The lowest BCUT2D eigenvalue weighted by atomic mass is 10.2. The van der Waals surface area contributed by atoms with Gasteiger partial charge in [-0.3, -0.25) is 0 Å². The molecule has 0 spiro atoms. The Balaban J connectivity index is 2.08. The van der Waals surface area contributed by atoms with Gasteiger partial charge in [-0.15, -0.1) is 10.2 Å². The Morgan fingerprint density at radius 3 is 2.70 bits per heavy atom. The number of aryl methyl sites for hydroxylation is 1. The van der Waals surface area contributed by atoms with E-state index in [1.165, 1.54) is 10.9 Å². The molecule has 20 heavy (non-hydrogen) atoms. The van der Waals surface area contributed by atoms with Crippen LogP contribution >= 0.6 is 0 Å². The van der Waals surface area contributed by atoms with E-state index >= 15 is 0 Å². The Hall–Kier alpha value is -1.73. The molecular formula is C13H17N3O3S. The molecule has 0 radical (unpaired) electrons. The highest BCUT2D eigenvalue weighted by atomic mass is 32.2. The molecule has 1 aromatic heterocycles. The Kier molecular flexibility index (Phi) is 4.86. The van der Waals surface area contributed by atoms with Gasteiger partial charge >= 0.3 is 0 Å². The van der Waals surface area contributed by atoms with Gasteiger partial charge in [0.05, 0.1) is 12.4 Å². The van der Waals surface area contributed by atoms with Crippen LogP contribution in [0.3, 0.4) is 0 Å². The second-order valence-electron chi connectivity index (χ2n) is 4.35. The molecule has 1 heterocycles. The van der Waals surface area contributed by atoms with Crippen LogP contribution in [0.15, 0.2) is 41.8 Å². The third-order valence-corrected chi connectivity index (χ3v) is 4.51. The number of benzene rings is 1. The van der Waals surface area contributed by atoms with E-state index in [1.54, 1.807) is 7.11 Å². The Labute approximate surface area is 118 Å². The van der Waals surface area contributed by atoms with Gasteiger partial charge in [-0.1, -0.05) is 30.3 Å². The topological polar surface area (TPSA) is 74.1 Å². The number of aromatic nitrogens is 3. The lowest BCUT2D eigenvalue weighted by Crippen LogP contribution is -2.17. The number of sulfone groups is 1. The zero-order chi connectivity index (χ0) is 14.4. The molecule has 0 saturated heterocycles. The average Bonchev–Trinajstić information content (AvgIpc) is 2.93. The minimum atomic E-state index is -3.44. The van der Waals surface area contributed by atoms with E-state index in [1.807, 2.05) is 30.3 Å². The summed E-state index contributed by atoms with van der Waals surface area (Å²) in [6.07, 6.45) is 1.87. The van der Waals surface area contributed by atoms with Gasteiger partial charge in [0.25, 0.3) is 0 Å². The molecule has 108 valence electrons. The van der Waals surface area contributed by atoms with Crippen molar-refractivity contribution in [3.8, 4) is 0 Å². The van der Waals surface area contributed by atoms with E-state index in [-0.39, 0.29) is 10.9 Å². The highest BCUT2D eigenvalue weighted by Gasteiger charge is 2.21. The molecule has 0 saturated carbocycles. The Morgan fingerprint density at radius 1 is 1.25 bits per heavy atom. The molecule has 7 heteroatoms. The van der Waals surface area contributed by atoms with Crippen LogP contribution in [0.2, 0.25) is 0 Å². The molecular weight excluding hydrogens is 278 g/mol. The van der Waals surface area contributed by atoms with E-state index in [4.69, 9.17) is 4.74 Å². The van der Waals surface area contributed by atoms with Crippen LogP contribution in [-0.4, -0.2) is 42.7 Å². The molecule has 1 aromatic carbocycles. The lowest BCUT2D eigenvalue weighted by Gasteiger charge is -2.07. The minimum absolute atomic E-state index is 0.00508. The fourth-order valence-electron chi connectivity index (χ4n) is 1.82. The molecule has 0 atom stereocenters. The summed E-state index contributed by atoms with van der Waals surface area (Å²) in [6.45, 7) is 0.836. The molecule has 0 aliphatic rings. The second kappa shape index (κ2) is 6.62. The summed E-state index contributed by atoms with van der Waals surface area (Å²) < 4.78 is 31.0. The first-order valence-electron chi connectivity index (χ1n) is 6.27. The SMILES string of the molecule is COCCn1cnnc1S(=O)(=O)CCc1ccccc1. The number of hydrogen-bond acceptors (Lipinski definition) is 5. The molecule has 0 N–H and O–H groups in total. The van der Waals surface area contributed by atoms with E-state index < -0.39 is 9.84 Å². The number of hydrogen-bond donors (Lipinski definition) is 0. The maximum Gasteiger partial charge on any atom is 0.249 e. The molecule has 0 unspecified atom stereocenters. The van der Waals surface area contributed by atoms with E-state index in [0.717, 1.165) is 5.56 Å². The summed E-state index contributed by atoms with van der Waals surface area (Å²) in [5, 5.41) is 7.40. The van der Waals surface area contributed by atoms with Crippen LogP contribution in [0.25, 0.3) is 0 Å². The lowest BCUT2D eigenvalue weighted by molar-refractivity contribution is 0.184. The molecule has 6 nitrogen and oxygen atoms in total. The van der Waals surface area contributed by atoms with Gasteiger partial charge in [0.2, 0.25) is 15.0 Å². The molecule has 2 aromatic rings. The van der Waals surface area contributed by atoms with Gasteiger partial charge in [0.15, 0.2) is 0 Å². The normalized spacial score (nSPS) is 11.7. The van der Waals surface area contributed by atoms with Crippen LogP contribution in [0.4, 0.5) is 0 Å². The van der Waals surface area contributed by atoms with Crippen molar-refractivity contribution in [2.45, 2.75) is 18.1 Å². The largest absolute Gasteiger partial charge is 0.383 e. The highest BCUT2D eigenvalue weighted by Crippen LogP contribution is 2.10. The summed E-state index contributed by atoms with van der Waals surface area (Å²) >= 11 is 0. The first-order chi connectivity index (χ1) is 9.63. The van der Waals surface area contributed by atoms with E-state index in [9.17, 15) is 8.42 Å². The summed E-state index contributed by atoms with van der Waals surface area (Å²) in [5.41, 5.74) is 0.985. The number of methoxy groups -OCH3 is 1. The second-order valence-corrected chi connectivity index (χ2v) is 6.36. The third kappa shape index (κ3) is 3.64. The van der Waals surface area contributed by atoms with Gasteiger partial charge in [0.1, 0.15) is 6.33 Å². The molecule has 0 bridgehead atoms. The maximum absolute atomic E-state index is 12.3. The maximum atomic E-state index is 12.3. The smallest absolute Gasteiger partial charge is 0.249 e. The first-order valence-corrected chi connectivity index (χ1v) is 7.92. The van der Waals surface area contributed by atoms with Crippen LogP contribution in [0.5, 0.6) is 0 Å². The third-order valence-electron chi connectivity index (χ3n) is 2.90. The monoisotopic (exact) mass is 295 g/mol. The number of rotatable bonds is 7. The molecule has 0 amide bonds. The summed E-state index contributed by atoms with van der Waals surface area (Å²) in [7, 11) is -1.88. The van der Waals surface area contributed by atoms with E-state index in [2.05, 4.69) is 10.2 Å². The van der Waals surface area contributed by atoms with Gasteiger partial charge in [-0.25, -0.2) is 8.42 Å². The number of nitrogens with zero attached hydrogens (tertiary/aromatic N) is 3. The zero-order valence-corrected chi connectivity index (χ0v) is 12.1. The highest BCUT2D eigenvalue weighted by molar-refractivity contribution is 7.91. The van der Waals surface area contributed by atoms with Crippen molar-refractivity contribution in [2.24, 2.45) is 0 Å². The summed E-state index contributed by atoms with van der Waals surface area (Å²) in [6, 6.07) is 9.50. The Bertz CT molecular complexity index is 638. The summed E-state index contributed by atoms with van der Waals surface area (Å²) in [4.78, 5) is 0. The molecule has 0 fully saturated rings. The minimum Gasteiger partial charge on any atom is -0.383 e. The van der Waals surface area contributed by atoms with Gasteiger partial charge < -0.3 is 9.30 Å². The number of ether oxygens (including phenoxy) is 1. The van der Waals surface area contributed by atoms with Crippen LogP contribution in [0.1, 0.15) is 5.56 Å². The van der Waals surface area contributed by atoms with Crippen molar-refractivity contribution in [1.29, 1.82) is 0 Å². The van der Waals surface area contributed by atoms with Crippen LogP contribution in [-0.2, 0) is 27.5 Å². The van der Waals surface area contributed by atoms with Crippen molar-refractivity contribution < 1.29 is 13.2 Å². The Morgan fingerprint density at radius 2 is 2.00 bits per heavy atom. The fourth-order valence-corrected chi connectivity index (χ4v) is 3.17. The van der Waals surface area contributed by atoms with Crippen molar-refractivity contribution in [3.63, 3.8) is 0 Å². The predicted molar refractivity (Wildman–Crippen MR) is 74.1 cm³/mol. The van der Waals surface area contributed by atoms with Gasteiger partial charge in [-0.05, 0) is 12.0 Å². The van der Waals surface area contributed by atoms with Crippen LogP contribution < -0.4 is 0 Å². The zero-order valence-electron chi connectivity index (χ0n) is 11.3.